The molecule has 0 radical (unpaired) electrons. The number of ether oxygens (including phenoxy) is 1. The maximum Gasteiger partial charge on any atom is 0.330 e. The number of esters is 1. The summed E-state index contributed by atoms with van der Waals surface area (Å²) in [6, 6.07) is 8.50. The summed E-state index contributed by atoms with van der Waals surface area (Å²) in [7, 11) is 0. The lowest BCUT2D eigenvalue weighted by Gasteiger charge is -2.03. The van der Waals surface area contributed by atoms with Crippen LogP contribution in [-0.2, 0) is 16.0 Å². The van der Waals surface area contributed by atoms with E-state index in [0.29, 0.717) is 12.5 Å². The lowest BCUT2D eigenvalue weighted by atomic mass is 10.0. The third kappa shape index (κ3) is 8.01. The van der Waals surface area contributed by atoms with E-state index in [1.807, 2.05) is 6.08 Å². The number of hydrogen-bond donors (Lipinski definition) is 0. The molecule has 23 heavy (non-hydrogen) atoms. The molecule has 0 unspecified atom stereocenters. The average Bonchev–Trinajstić information content (AvgIpc) is 3.40. The molecule has 0 atom stereocenters. The maximum atomic E-state index is 11.6. The van der Waals surface area contributed by atoms with Crippen LogP contribution in [0.4, 0.5) is 0 Å². The monoisotopic (exact) mass is 314 g/mol. The molecular formula is C21H30O2. The molecule has 126 valence electrons. The SMILES string of the molecule is CCCCCCCCc1ccc(C=CC(=O)OCC2CC2)cc1. The number of carbonyl (C=O) groups is 1. The topological polar surface area (TPSA) is 26.3 Å². The van der Waals surface area contributed by atoms with E-state index >= 15 is 0 Å². The predicted molar refractivity (Wildman–Crippen MR) is 96.2 cm³/mol. The summed E-state index contributed by atoms with van der Waals surface area (Å²) in [4.78, 5) is 11.6. The van der Waals surface area contributed by atoms with Gasteiger partial charge in [0.2, 0.25) is 0 Å². The Hall–Kier alpha value is -1.57. The molecule has 1 fully saturated rings. The van der Waals surface area contributed by atoms with E-state index in [2.05, 4.69) is 31.2 Å². The highest BCUT2D eigenvalue weighted by molar-refractivity contribution is 5.87. The predicted octanol–water partition coefficient (Wildman–Crippen LogP) is 5.56. The molecule has 0 aliphatic heterocycles. The van der Waals surface area contributed by atoms with E-state index in [0.717, 1.165) is 12.0 Å². The Labute approximate surface area is 140 Å². The van der Waals surface area contributed by atoms with Gasteiger partial charge in [0.05, 0.1) is 6.61 Å². The number of aryl methyl sites for hydroxylation is 1. The average molecular weight is 314 g/mol. The Morgan fingerprint density at radius 1 is 1.09 bits per heavy atom. The molecule has 1 aliphatic rings. The number of benzene rings is 1. The van der Waals surface area contributed by atoms with E-state index in [4.69, 9.17) is 4.74 Å². The molecule has 0 N–H and O–H groups in total. The smallest absolute Gasteiger partial charge is 0.330 e. The molecule has 0 spiro atoms. The van der Waals surface area contributed by atoms with Crippen molar-refractivity contribution in [3.63, 3.8) is 0 Å². The fraction of sp³-hybridized carbons (Fsp3) is 0.571. The van der Waals surface area contributed by atoms with Crippen molar-refractivity contribution in [3.8, 4) is 0 Å². The van der Waals surface area contributed by atoms with Gasteiger partial charge in [-0.1, -0.05) is 63.3 Å². The van der Waals surface area contributed by atoms with Crippen LogP contribution < -0.4 is 0 Å². The normalized spacial score (nSPS) is 14.3. The van der Waals surface area contributed by atoms with Crippen LogP contribution in [-0.4, -0.2) is 12.6 Å². The van der Waals surface area contributed by atoms with E-state index < -0.39 is 0 Å². The highest BCUT2D eigenvalue weighted by atomic mass is 16.5. The standard InChI is InChI=1S/C21H30O2/c1-2-3-4-5-6-7-8-18-9-11-19(12-10-18)15-16-21(22)23-17-20-13-14-20/h9-12,15-16,20H,2-8,13-14,17H2,1H3. The Bertz CT molecular complexity index is 483. The molecule has 1 saturated carbocycles. The van der Waals surface area contributed by atoms with Crippen LogP contribution in [0.5, 0.6) is 0 Å². The largest absolute Gasteiger partial charge is 0.462 e. The molecule has 0 amide bonds. The molecule has 0 saturated heterocycles. The first-order chi connectivity index (χ1) is 11.3. The lowest BCUT2D eigenvalue weighted by Crippen LogP contribution is -2.03. The Kier molecular flexibility index (Phi) is 7.92. The zero-order valence-corrected chi connectivity index (χ0v) is 14.4. The van der Waals surface area contributed by atoms with E-state index in [-0.39, 0.29) is 5.97 Å². The highest BCUT2D eigenvalue weighted by Gasteiger charge is 2.22. The van der Waals surface area contributed by atoms with Crippen LogP contribution >= 0.6 is 0 Å². The van der Waals surface area contributed by atoms with Crippen molar-refractivity contribution in [3.05, 3.63) is 41.5 Å². The number of hydrogen-bond acceptors (Lipinski definition) is 2. The van der Waals surface area contributed by atoms with E-state index in [1.165, 1.54) is 63.0 Å². The van der Waals surface area contributed by atoms with E-state index in [9.17, 15) is 4.79 Å². The highest BCUT2D eigenvalue weighted by Crippen LogP contribution is 2.28. The van der Waals surface area contributed by atoms with Gasteiger partial charge in [-0.15, -0.1) is 0 Å². The zero-order chi connectivity index (χ0) is 16.3. The summed E-state index contributed by atoms with van der Waals surface area (Å²) >= 11 is 0. The van der Waals surface area contributed by atoms with Crippen LogP contribution in [0, 0.1) is 5.92 Å². The summed E-state index contributed by atoms with van der Waals surface area (Å²) < 4.78 is 5.18. The molecule has 2 rings (SSSR count). The molecule has 2 nitrogen and oxygen atoms in total. The van der Waals surface area contributed by atoms with Crippen molar-refractivity contribution >= 4 is 12.0 Å². The first-order valence-electron chi connectivity index (χ1n) is 9.21. The molecule has 2 heteroatoms. The summed E-state index contributed by atoms with van der Waals surface area (Å²) in [6.07, 6.45) is 14.9. The fourth-order valence-corrected chi connectivity index (χ4v) is 2.60. The fourth-order valence-electron chi connectivity index (χ4n) is 2.60. The zero-order valence-electron chi connectivity index (χ0n) is 14.4. The van der Waals surface area contributed by atoms with Gasteiger partial charge in [0.25, 0.3) is 0 Å². The van der Waals surface area contributed by atoms with Crippen LogP contribution in [0.3, 0.4) is 0 Å². The van der Waals surface area contributed by atoms with Gasteiger partial charge in [-0.05, 0) is 48.8 Å². The van der Waals surface area contributed by atoms with Crippen LogP contribution in [0.1, 0.15) is 69.4 Å². The molecule has 1 aliphatic carbocycles. The van der Waals surface area contributed by atoms with Crippen LogP contribution in [0.2, 0.25) is 0 Å². The van der Waals surface area contributed by atoms with Crippen LogP contribution in [0.15, 0.2) is 30.3 Å². The molecule has 0 bridgehead atoms. The van der Waals surface area contributed by atoms with Crippen molar-refractivity contribution in [2.24, 2.45) is 5.92 Å². The minimum atomic E-state index is -0.229. The van der Waals surface area contributed by atoms with Gasteiger partial charge in [-0.2, -0.15) is 0 Å². The Balaban J connectivity index is 1.63. The Morgan fingerprint density at radius 3 is 2.48 bits per heavy atom. The number of rotatable bonds is 11. The summed E-state index contributed by atoms with van der Waals surface area (Å²) in [5.74, 6) is 0.390. The maximum absolute atomic E-state index is 11.6. The number of carbonyl (C=O) groups excluding carboxylic acids is 1. The van der Waals surface area contributed by atoms with Crippen molar-refractivity contribution in [1.82, 2.24) is 0 Å². The first kappa shape index (κ1) is 17.8. The molecular weight excluding hydrogens is 284 g/mol. The number of unbranched alkanes of at least 4 members (excludes halogenated alkanes) is 5. The molecule has 0 aromatic heterocycles. The second-order valence-corrected chi connectivity index (χ2v) is 6.67. The Morgan fingerprint density at radius 2 is 1.78 bits per heavy atom. The molecule has 1 aromatic rings. The van der Waals surface area contributed by atoms with Gasteiger partial charge >= 0.3 is 5.97 Å². The second kappa shape index (κ2) is 10.3. The third-order valence-corrected chi connectivity index (χ3v) is 4.37. The van der Waals surface area contributed by atoms with Gasteiger partial charge < -0.3 is 4.74 Å². The van der Waals surface area contributed by atoms with Crippen molar-refractivity contribution in [1.29, 1.82) is 0 Å². The van der Waals surface area contributed by atoms with Gasteiger partial charge in [-0.25, -0.2) is 4.79 Å². The second-order valence-electron chi connectivity index (χ2n) is 6.67. The third-order valence-electron chi connectivity index (χ3n) is 4.37. The van der Waals surface area contributed by atoms with Gasteiger partial charge in [0, 0.05) is 6.08 Å². The van der Waals surface area contributed by atoms with Gasteiger partial charge in [0.15, 0.2) is 0 Å². The first-order valence-corrected chi connectivity index (χ1v) is 9.21. The quantitative estimate of drug-likeness (QED) is 0.304. The van der Waals surface area contributed by atoms with Gasteiger partial charge in [0.1, 0.15) is 0 Å². The van der Waals surface area contributed by atoms with Crippen molar-refractivity contribution in [2.45, 2.75) is 64.7 Å². The minimum absolute atomic E-state index is 0.229. The van der Waals surface area contributed by atoms with E-state index in [1.54, 1.807) is 0 Å². The summed E-state index contributed by atoms with van der Waals surface area (Å²) in [6.45, 7) is 2.84. The molecule has 1 aromatic carbocycles. The van der Waals surface area contributed by atoms with Gasteiger partial charge in [-0.3, -0.25) is 0 Å². The summed E-state index contributed by atoms with van der Waals surface area (Å²) in [5, 5.41) is 0. The summed E-state index contributed by atoms with van der Waals surface area (Å²) in [5.41, 5.74) is 2.44. The minimum Gasteiger partial charge on any atom is -0.462 e. The van der Waals surface area contributed by atoms with Crippen LogP contribution in [0.25, 0.3) is 6.08 Å². The van der Waals surface area contributed by atoms with Crippen molar-refractivity contribution in [2.75, 3.05) is 6.61 Å². The van der Waals surface area contributed by atoms with Crippen molar-refractivity contribution < 1.29 is 9.53 Å². The lowest BCUT2D eigenvalue weighted by molar-refractivity contribution is -0.138. The molecule has 0 heterocycles.